The largest absolute Gasteiger partial charge is 0.486 e. The van der Waals surface area contributed by atoms with Gasteiger partial charge in [-0.1, -0.05) is 0 Å². The third kappa shape index (κ3) is 3.31. The Hall–Kier alpha value is -2.00. The predicted octanol–water partition coefficient (Wildman–Crippen LogP) is 0.397. The van der Waals surface area contributed by atoms with Gasteiger partial charge in [0.05, 0.1) is 11.5 Å². The minimum atomic E-state index is -3.90. The van der Waals surface area contributed by atoms with Gasteiger partial charge in [0.2, 0.25) is 0 Å². The Morgan fingerprint density at radius 3 is 2.70 bits per heavy atom. The summed E-state index contributed by atoms with van der Waals surface area (Å²) >= 11 is 0. The monoisotopic (exact) mass is 302 g/mol. The van der Waals surface area contributed by atoms with Crippen molar-refractivity contribution in [2.45, 2.75) is 11.8 Å². The van der Waals surface area contributed by atoms with E-state index in [4.69, 9.17) is 9.47 Å². The summed E-state index contributed by atoms with van der Waals surface area (Å²) in [6.45, 7) is 2.51. The van der Waals surface area contributed by atoms with Crippen molar-refractivity contribution in [1.82, 2.24) is 10.3 Å². The maximum absolute atomic E-state index is 11.9. The number of rotatable bonds is 4. The molecule has 8 nitrogen and oxygen atoms in total. The first kappa shape index (κ1) is 14.4. The molecule has 110 valence electrons. The molecule has 1 aliphatic rings. The first-order valence-corrected chi connectivity index (χ1v) is 7.35. The highest BCUT2D eigenvalue weighted by molar-refractivity contribution is 7.89. The third-order valence-corrected chi connectivity index (χ3v) is 3.63. The fraction of sp³-hybridized carbons (Fsp3) is 0.364. The van der Waals surface area contributed by atoms with Gasteiger partial charge in [-0.25, -0.2) is 18.6 Å². The first-order valence-electron chi connectivity index (χ1n) is 5.87. The van der Waals surface area contributed by atoms with Crippen LogP contribution in [-0.2, 0) is 14.8 Å². The fourth-order valence-corrected chi connectivity index (χ4v) is 2.37. The number of sulfonamides is 1. The van der Waals surface area contributed by atoms with Crippen molar-refractivity contribution in [3.8, 4) is 11.5 Å². The zero-order chi connectivity index (χ0) is 14.6. The maximum atomic E-state index is 11.9. The van der Waals surface area contributed by atoms with Gasteiger partial charge < -0.3 is 14.2 Å². The van der Waals surface area contributed by atoms with Crippen LogP contribution in [0.5, 0.6) is 11.5 Å². The van der Waals surface area contributed by atoms with Crippen LogP contribution in [0.3, 0.4) is 0 Å². The van der Waals surface area contributed by atoms with Gasteiger partial charge >= 0.3 is 6.09 Å². The molecule has 2 rings (SSSR count). The number of carbonyl (C=O) groups is 1. The molecule has 1 aliphatic heterocycles. The van der Waals surface area contributed by atoms with Gasteiger partial charge in [0, 0.05) is 6.07 Å². The summed E-state index contributed by atoms with van der Waals surface area (Å²) in [6, 6.07) is 4.17. The molecule has 0 saturated heterocycles. The minimum absolute atomic E-state index is 0.0569. The van der Waals surface area contributed by atoms with Gasteiger partial charge in [0.1, 0.15) is 13.2 Å². The molecule has 2 N–H and O–H groups in total. The van der Waals surface area contributed by atoms with Crippen LogP contribution in [0.15, 0.2) is 23.1 Å². The molecule has 9 heteroatoms. The smallest absolute Gasteiger partial charge is 0.422 e. The van der Waals surface area contributed by atoms with Crippen molar-refractivity contribution in [1.29, 1.82) is 0 Å². The summed E-state index contributed by atoms with van der Waals surface area (Å²) < 4.78 is 39.0. The summed E-state index contributed by atoms with van der Waals surface area (Å²) in [5, 5.41) is 0. The van der Waals surface area contributed by atoms with Crippen LogP contribution in [0.1, 0.15) is 6.92 Å². The average molecular weight is 302 g/mol. The van der Waals surface area contributed by atoms with Gasteiger partial charge in [0.15, 0.2) is 11.5 Å². The van der Waals surface area contributed by atoms with Crippen LogP contribution in [0.2, 0.25) is 0 Å². The summed E-state index contributed by atoms with van der Waals surface area (Å²) in [5.41, 5.74) is 1.93. The summed E-state index contributed by atoms with van der Waals surface area (Å²) in [7, 11) is -3.90. The Morgan fingerprint density at radius 2 is 2.00 bits per heavy atom. The standard InChI is InChI=1S/C11H14N2O6S/c1-2-17-11(14)12-13-20(15,16)8-3-4-9-10(7-8)19-6-5-18-9/h3-4,7,13H,2,5-6H2,1H3,(H,12,14). The van der Waals surface area contributed by atoms with Gasteiger partial charge in [-0.3, -0.25) is 0 Å². The number of amides is 1. The molecule has 1 aromatic carbocycles. The zero-order valence-corrected chi connectivity index (χ0v) is 11.5. The number of hydrazine groups is 1. The molecule has 20 heavy (non-hydrogen) atoms. The van der Waals surface area contributed by atoms with Crippen LogP contribution in [0, 0.1) is 0 Å². The molecule has 0 aromatic heterocycles. The SMILES string of the molecule is CCOC(=O)NNS(=O)(=O)c1ccc2c(c1)OCCO2. The predicted molar refractivity (Wildman–Crippen MR) is 67.9 cm³/mol. The normalized spacial score (nSPS) is 13.7. The minimum Gasteiger partial charge on any atom is -0.486 e. The Morgan fingerprint density at radius 1 is 1.30 bits per heavy atom. The van der Waals surface area contributed by atoms with Gasteiger partial charge in [-0.15, -0.1) is 4.83 Å². The summed E-state index contributed by atoms with van der Waals surface area (Å²) in [5.74, 6) is 0.823. The first-order chi connectivity index (χ1) is 9.53. The van der Waals surface area contributed by atoms with Gasteiger partial charge in [-0.05, 0) is 19.1 Å². The van der Waals surface area contributed by atoms with Crippen LogP contribution in [0.4, 0.5) is 4.79 Å². The van der Waals surface area contributed by atoms with Crippen molar-refractivity contribution < 1.29 is 27.4 Å². The lowest BCUT2D eigenvalue weighted by Gasteiger charge is -2.18. The van der Waals surface area contributed by atoms with Crippen LogP contribution >= 0.6 is 0 Å². The van der Waals surface area contributed by atoms with Crippen LogP contribution in [0.25, 0.3) is 0 Å². The van der Waals surface area contributed by atoms with E-state index in [1.54, 1.807) is 6.92 Å². The second-order valence-electron chi connectivity index (χ2n) is 3.76. The third-order valence-electron chi connectivity index (χ3n) is 2.39. The second kappa shape index (κ2) is 5.97. The van der Waals surface area contributed by atoms with E-state index < -0.39 is 16.1 Å². The van der Waals surface area contributed by atoms with E-state index in [1.165, 1.54) is 18.2 Å². The van der Waals surface area contributed by atoms with Crippen LogP contribution in [-0.4, -0.2) is 34.3 Å². The van der Waals surface area contributed by atoms with E-state index in [1.807, 2.05) is 10.3 Å². The maximum Gasteiger partial charge on any atom is 0.422 e. The van der Waals surface area contributed by atoms with Gasteiger partial charge in [-0.2, -0.15) is 0 Å². The number of hydrogen-bond donors (Lipinski definition) is 2. The molecule has 1 amide bonds. The lowest BCUT2D eigenvalue weighted by Crippen LogP contribution is -2.41. The number of nitrogens with one attached hydrogen (secondary N) is 2. The quantitative estimate of drug-likeness (QED) is 0.780. The molecule has 0 atom stereocenters. The van der Waals surface area contributed by atoms with E-state index >= 15 is 0 Å². The van der Waals surface area contributed by atoms with E-state index in [0.717, 1.165) is 0 Å². The van der Waals surface area contributed by atoms with Gasteiger partial charge in [0.25, 0.3) is 10.0 Å². The van der Waals surface area contributed by atoms with Crippen molar-refractivity contribution in [2.24, 2.45) is 0 Å². The van der Waals surface area contributed by atoms with Crippen molar-refractivity contribution in [3.63, 3.8) is 0 Å². The van der Waals surface area contributed by atoms with Crippen molar-refractivity contribution >= 4 is 16.1 Å². The summed E-state index contributed by atoms with van der Waals surface area (Å²) in [6.07, 6.45) is -0.881. The molecular formula is C11H14N2O6S. The summed E-state index contributed by atoms with van der Waals surface area (Å²) in [4.78, 5) is 12.9. The molecule has 0 radical (unpaired) electrons. The lowest BCUT2D eigenvalue weighted by atomic mass is 10.3. The number of ether oxygens (including phenoxy) is 3. The van der Waals surface area contributed by atoms with E-state index in [2.05, 4.69) is 4.74 Å². The molecule has 0 unspecified atom stereocenters. The Kier molecular flexibility index (Phi) is 4.30. The Balaban J connectivity index is 2.11. The van der Waals surface area contributed by atoms with Crippen molar-refractivity contribution in [2.75, 3.05) is 19.8 Å². The van der Waals surface area contributed by atoms with Crippen molar-refractivity contribution in [3.05, 3.63) is 18.2 Å². The molecule has 0 spiro atoms. The zero-order valence-electron chi connectivity index (χ0n) is 10.7. The van der Waals surface area contributed by atoms with Crippen LogP contribution < -0.4 is 19.7 Å². The number of benzene rings is 1. The number of carbonyl (C=O) groups excluding carboxylic acids is 1. The molecule has 1 heterocycles. The highest BCUT2D eigenvalue weighted by atomic mass is 32.2. The molecular weight excluding hydrogens is 288 g/mol. The van der Waals surface area contributed by atoms with E-state index in [0.29, 0.717) is 24.7 Å². The molecule has 1 aromatic rings. The highest BCUT2D eigenvalue weighted by Crippen LogP contribution is 2.31. The topological polar surface area (TPSA) is 103 Å². The number of hydrogen-bond acceptors (Lipinski definition) is 6. The fourth-order valence-electron chi connectivity index (χ4n) is 1.53. The molecule has 0 aliphatic carbocycles. The molecule has 0 bridgehead atoms. The number of fused-ring (bicyclic) bond motifs is 1. The van der Waals surface area contributed by atoms with E-state index in [-0.39, 0.29) is 11.5 Å². The molecule has 0 fully saturated rings. The highest BCUT2D eigenvalue weighted by Gasteiger charge is 2.20. The lowest BCUT2D eigenvalue weighted by molar-refractivity contribution is 0.150. The van der Waals surface area contributed by atoms with E-state index in [9.17, 15) is 13.2 Å². The Bertz CT molecular complexity index is 601. The molecule has 0 saturated carbocycles. The Labute approximate surface area is 116 Å². The second-order valence-corrected chi connectivity index (χ2v) is 5.44. The average Bonchev–Trinajstić information content (AvgIpc) is 2.45.